The number of aromatic nitrogens is 2. The number of ether oxygens (including phenoxy) is 1. The van der Waals surface area contributed by atoms with Gasteiger partial charge in [0.15, 0.2) is 11.5 Å². The van der Waals surface area contributed by atoms with Gasteiger partial charge >= 0.3 is 5.97 Å². The minimum Gasteiger partial charge on any atom is -0.467 e. The molecule has 3 aromatic rings. The van der Waals surface area contributed by atoms with E-state index in [1.54, 1.807) is 13.2 Å². The van der Waals surface area contributed by atoms with Gasteiger partial charge < -0.3 is 14.5 Å². The molecule has 0 atom stereocenters. The maximum atomic E-state index is 12.2. The van der Waals surface area contributed by atoms with Gasteiger partial charge in [-0.05, 0) is 56.2 Å². The molecule has 0 amide bonds. The van der Waals surface area contributed by atoms with Crippen molar-refractivity contribution >= 4 is 22.8 Å². The monoisotopic (exact) mass is 325 g/mol. The number of anilines is 1. The summed E-state index contributed by atoms with van der Waals surface area (Å²) >= 11 is 0. The van der Waals surface area contributed by atoms with Crippen LogP contribution in [0.4, 0.5) is 5.82 Å². The van der Waals surface area contributed by atoms with E-state index in [-0.39, 0.29) is 12.3 Å². The van der Waals surface area contributed by atoms with Crippen LogP contribution in [-0.2, 0) is 11.3 Å². The minimum absolute atomic E-state index is 0.180. The molecule has 6 heteroatoms. The molecule has 1 N–H and O–H groups in total. The lowest BCUT2D eigenvalue weighted by Gasteiger charge is -2.11. The zero-order valence-corrected chi connectivity index (χ0v) is 13.9. The standard InChI is InChI=1S/C18H19N3O3/c1-4-23-18(22)16-17(19-10-13-6-5-7-24-13)21-15-9-12(3)11(2)8-14(15)20-16/h5-9H,4,10H2,1-3H3,(H,19,21). The van der Waals surface area contributed by atoms with E-state index in [1.807, 2.05) is 38.1 Å². The van der Waals surface area contributed by atoms with Crippen LogP contribution in [0.5, 0.6) is 0 Å². The lowest BCUT2D eigenvalue weighted by Crippen LogP contribution is -2.14. The van der Waals surface area contributed by atoms with Crippen molar-refractivity contribution in [1.82, 2.24) is 9.97 Å². The summed E-state index contributed by atoms with van der Waals surface area (Å²) in [7, 11) is 0. The zero-order valence-electron chi connectivity index (χ0n) is 13.9. The highest BCUT2D eigenvalue weighted by Crippen LogP contribution is 2.22. The van der Waals surface area contributed by atoms with E-state index < -0.39 is 5.97 Å². The molecule has 2 heterocycles. The minimum atomic E-state index is -0.493. The van der Waals surface area contributed by atoms with Crippen LogP contribution in [0.1, 0.15) is 34.3 Å². The third-order valence-electron chi connectivity index (χ3n) is 3.76. The molecule has 0 bridgehead atoms. The molecule has 0 fully saturated rings. The highest BCUT2D eigenvalue weighted by Gasteiger charge is 2.18. The van der Waals surface area contributed by atoms with Crippen molar-refractivity contribution in [3.63, 3.8) is 0 Å². The molecule has 0 aliphatic rings. The third-order valence-corrected chi connectivity index (χ3v) is 3.76. The van der Waals surface area contributed by atoms with Crippen molar-refractivity contribution in [3.8, 4) is 0 Å². The van der Waals surface area contributed by atoms with Crippen LogP contribution < -0.4 is 5.32 Å². The predicted octanol–water partition coefficient (Wildman–Crippen LogP) is 3.63. The van der Waals surface area contributed by atoms with Crippen LogP contribution in [0.3, 0.4) is 0 Å². The molecule has 0 saturated heterocycles. The van der Waals surface area contributed by atoms with Crippen molar-refractivity contribution in [2.24, 2.45) is 0 Å². The molecule has 2 aromatic heterocycles. The number of furan rings is 1. The number of aryl methyl sites for hydroxylation is 2. The fraction of sp³-hybridized carbons (Fsp3) is 0.278. The van der Waals surface area contributed by atoms with E-state index in [0.717, 1.165) is 22.4 Å². The maximum absolute atomic E-state index is 12.2. The number of carbonyl (C=O) groups excluding carboxylic acids is 1. The topological polar surface area (TPSA) is 77.2 Å². The highest BCUT2D eigenvalue weighted by molar-refractivity contribution is 5.95. The highest BCUT2D eigenvalue weighted by atomic mass is 16.5. The van der Waals surface area contributed by atoms with E-state index >= 15 is 0 Å². The first-order valence-electron chi connectivity index (χ1n) is 7.81. The fourth-order valence-electron chi connectivity index (χ4n) is 2.36. The summed E-state index contributed by atoms with van der Waals surface area (Å²) in [5, 5.41) is 3.11. The van der Waals surface area contributed by atoms with Gasteiger partial charge in [-0.2, -0.15) is 0 Å². The number of nitrogens with zero attached hydrogens (tertiary/aromatic N) is 2. The first kappa shape index (κ1) is 16.0. The van der Waals surface area contributed by atoms with E-state index in [2.05, 4.69) is 15.3 Å². The maximum Gasteiger partial charge on any atom is 0.360 e. The Hall–Kier alpha value is -2.89. The van der Waals surface area contributed by atoms with E-state index in [1.165, 1.54) is 0 Å². The van der Waals surface area contributed by atoms with Gasteiger partial charge in [-0.15, -0.1) is 0 Å². The van der Waals surface area contributed by atoms with Gasteiger partial charge in [0.1, 0.15) is 5.76 Å². The molecule has 0 aliphatic carbocycles. The Bertz CT molecular complexity index is 873. The van der Waals surface area contributed by atoms with Crippen molar-refractivity contribution in [2.75, 3.05) is 11.9 Å². The Morgan fingerprint density at radius 2 is 1.92 bits per heavy atom. The summed E-state index contributed by atoms with van der Waals surface area (Å²) in [6.45, 7) is 6.47. The second kappa shape index (κ2) is 6.70. The second-order valence-electron chi connectivity index (χ2n) is 5.50. The number of fused-ring (bicyclic) bond motifs is 1. The Labute approximate surface area is 139 Å². The average molecular weight is 325 g/mol. The number of nitrogens with one attached hydrogen (secondary N) is 1. The first-order chi connectivity index (χ1) is 11.6. The summed E-state index contributed by atoms with van der Waals surface area (Å²) in [5.74, 6) is 0.638. The Balaban J connectivity index is 2.03. The largest absolute Gasteiger partial charge is 0.467 e. The molecule has 0 radical (unpaired) electrons. The van der Waals surface area contributed by atoms with Crippen molar-refractivity contribution in [1.29, 1.82) is 0 Å². The second-order valence-corrected chi connectivity index (χ2v) is 5.50. The van der Waals surface area contributed by atoms with Crippen molar-refractivity contribution < 1.29 is 13.9 Å². The van der Waals surface area contributed by atoms with Gasteiger partial charge in [-0.3, -0.25) is 0 Å². The quantitative estimate of drug-likeness (QED) is 0.722. The Morgan fingerprint density at radius 1 is 1.21 bits per heavy atom. The van der Waals surface area contributed by atoms with Crippen molar-refractivity contribution in [2.45, 2.75) is 27.3 Å². The lowest BCUT2D eigenvalue weighted by atomic mass is 10.1. The number of carbonyl (C=O) groups is 1. The molecule has 24 heavy (non-hydrogen) atoms. The Kier molecular flexibility index (Phi) is 4.46. The lowest BCUT2D eigenvalue weighted by molar-refractivity contribution is 0.0520. The summed E-state index contributed by atoms with van der Waals surface area (Å²) < 4.78 is 10.4. The van der Waals surface area contributed by atoms with E-state index in [0.29, 0.717) is 17.9 Å². The van der Waals surface area contributed by atoms with Crippen LogP contribution >= 0.6 is 0 Å². The molecule has 0 spiro atoms. The Morgan fingerprint density at radius 3 is 2.54 bits per heavy atom. The van der Waals surface area contributed by atoms with Crippen LogP contribution in [0, 0.1) is 13.8 Å². The smallest absolute Gasteiger partial charge is 0.360 e. The van der Waals surface area contributed by atoms with Gasteiger partial charge in [0.25, 0.3) is 0 Å². The van der Waals surface area contributed by atoms with Crippen LogP contribution in [-0.4, -0.2) is 22.5 Å². The van der Waals surface area contributed by atoms with Gasteiger partial charge in [0, 0.05) is 0 Å². The van der Waals surface area contributed by atoms with Crippen molar-refractivity contribution in [3.05, 3.63) is 53.1 Å². The number of hydrogen-bond donors (Lipinski definition) is 1. The average Bonchev–Trinajstić information content (AvgIpc) is 3.07. The van der Waals surface area contributed by atoms with Crippen LogP contribution in [0.25, 0.3) is 11.0 Å². The summed E-state index contributed by atoms with van der Waals surface area (Å²) in [6, 6.07) is 7.54. The van der Waals surface area contributed by atoms with Gasteiger partial charge in [0.2, 0.25) is 0 Å². The summed E-state index contributed by atoms with van der Waals surface area (Å²) in [5.41, 5.74) is 3.80. The molecule has 1 aromatic carbocycles. The molecule has 0 unspecified atom stereocenters. The summed E-state index contributed by atoms with van der Waals surface area (Å²) in [6.07, 6.45) is 1.60. The number of rotatable bonds is 5. The molecular weight excluding hydrogens is 306 g/mol. The zero-order chi connectivity index (χ0) is 17.1. The fourth-order valence-corrected chi connectivity index (χ4v) is 2.36. The number of hydrogen-bond acceptors (Lipinski definition) is 6. The molecule has 3 rings (SSSR count). The van der Waals surface area contributed by atoms with Gasteiger partial charge in [-0.1, -0.05) is 0 Å². The van der Waals surface area contributed by atoms with E-state index in [9.17, 15) is 4.79 Å². The normalized spacial score (nSPS) is 10.8. The molecule has 6 nitrogen and oxygen atoms in total. The molecule has 124 valence electrons. The van der Waals surface area contributed by atoms with Crippen LogP contribution in [0.2, 0.25) is 0 Å². The third kappa shape index (κ3) is 3.22. The number of benzene rings is 1. The predicted molar refractivity (Wildman–Crippen MR) is 91.0 cm³/mol. The molecule has 0 saturated carbocycles. The van der Waals surface area contributed by atoms with E-state index in [4.69, 9.17) is 9.15 Å². The SMILES string of the molecule is CCOC(=O)c1nc2cc(C)c(C)cc2nc1NCc1ccco1. The van der Waals surface area contributed by atoms with Gasteiger partial charge in [0.05, 0.1) is 30.4 Å². The molecular formula is C18H19N3O3. The number of esters is 1. The molecule has 0 aliphatic heterocycles. The van der Waals surface area contributed by atoms with Crippen LogP contribution in [0.15, 0.2) is 34.9 Å². The van der Waals surface area contributed by atoms with Gasteiger partial charge in [-0.25, -0.2) is 14.8 Å². The summed E-state index contributed by atoms with van der Waals surface area (Å²) in [4.78, 5) is 21.3. The first-order valence-corrected chi connectivity index (χ1v) is 7.81.